The van der Waals surface area contributed by atoms with Crippen LogP contribution in [0.2, 0.25) is 5.15 Å². The number of nitrogens with zero attached hydrogens (tertiary/aromatic N) is 1. The number of fused-ring (bicyclic) bond motifs is 1. The van der Waals surface area contributed by atoms with Crippen LogP contribution >= 0.6 is 38.9 Å². The summed E-state index contributed by atoms with van der Waals surface area (Å²) in [4.78, 5) is 5.63. The van der Waals surface area contributed by atoms with E-state index in [2.05, 4.69) is 26.2 Å². The molecule has 0 amide bonds. The number of ether oxygens (including phenoxy) is 1. The third kappa shape index (κ3) is 5.94. The van der Waals surface area contributed by atoms with Crippen LogP contribution in [0.1, 0.15) is 63.5 Å². The van der Waals surface area contributed by atoms with E-state index in [4.69, 9.17) is 16.3 Å². The molecule has 0 spiro atoms. The fraction of sp³-hybridized carbons (Fsp3) is 0.435. The first-order chi connectivity index (χ1) is 14.6. The Bertz CT molecular complexity index is 944. The zero-order chi connectivity index (χ0) is 22.1. The van der Waals surface area contributed by atoms with Crippen LogP contribution in [0.15, 0.2) is 34.8 Å². The van der Waals surface area contributed by atoms with E-state index in [0.717, 1.165) is 51.1 Å². The van der Waals surface area contributed by atoms with Gasteiger partial charge in [0.15, 0.2) is 0 Å². The van der Waals surface area contributed by atoms with Crippen LogP contribution in [-0.2, 0) is 11.3 Å². The molecule has 2 aromatic heterocycles. The van der Waals surface area contributed by atoms with Crippen molar-refractivity contribution in [2.45, 2.75) is 59.6 Å². The summed E-state index contributed by atoms with van der Waals surface area (Å²) in [6.45, 7) is 9.17. The molecule has 1 saturated heterocycles. The Morgan fingerprint density at radius 3 is 2.63 bits per heavy atom. The van der Waals surface area contributed by atoms with Crippen molar-refractivity contribution in [1.29, 1.82) is 0 Å². The van der Waals surface area contributed by atoms with Crippen molar-refractivity contribution in [2.75, 3.05) is 11.9 Å². The van der Waals surface area contributed by atoms with Crippen LogP contribution < -0.4 is 5.32 Å². The van der Waals surface area contributed by atoms with Crippen LogP contribution in [0.3, 0.4) is 0 Å². The average molecular weight is 516 g/mol. The van der Waals surface area contributed by atoms with Gasteiger partial charge in [-0.2, -0.15) is 0 Å². The molecule has 3 nitrogen and oxygen atoms in total. The first kappa shape index (κ1) is 25.1. The van der Waals surface area contributed by atoms with Gasteiger partial charge < -0.3 is 10.1 Å². The summed E-state index contributed by atoms with van der Waals surface area (Å²) < 4.78 is 21.8. The van der Waals surface area contributed by atoms with Gasteiger partial charge in [0.25, 0.3) is 0 Å². The molecule has 0 saturated carbocycles. The van der Waals surface area contributed by atoms with E-state index in [-0.39, 0.29) is 11.9 Å². The molecule has 1 aliphatic heterocycles. The summed E-state index contributed by atoms with van der Waals surface area (Å²) in [7, 11) is 0. The summed E-state index contributed by atoms with van der Waals surface area (Å²) in [5.74, 6) is -0.222. The highest BCUT2D eigenvalue weighted by molar-refractivity contribution is 9.10. The molecule has 1 aliphatic rings. The average Bonchev–Trinajstić information content (AvgIpc) is 3.13. The number of rotatable bonds is 4. The number of hydrogen-bond donors (Lipinski definition) is 1. The fourth-order valence-electron chi connectivity index (χ4n) is 3.14. The summed E-state index contributed by atoms with van der Waals surface area (Å²) >= 11 is 11.6. The molecule has 0 bridgehead atoms. The van der Waals surface area contributed by atoms with Crippen molar-refractivity contribution in [3.8, 4) is 0 Å². The van der Waals surface area contributed by atoms with Crippen molar-refractivity contribution in [2.24, 2.45) is 0 Å². The fourth-order valence-corrected chi connectivity index (χ4v) is 5.46. The largest absolute Gasteiger partial charge is 0.380 e. The molecule has 164 valence electrons. The Morgan fingerprint density at radius 2 is 1.97 bits per heavy atom. The minimum atomic E-state index is -0.222. The van der Waals surface area contributed by atoms with Gasteiger partial charge in [0.1, 0.15) is 11.0 Å². The smallest absolute Gasteiger partial charge is 0.131 e. The molecule has 3 heterocycles. The van der Waals surface area contributed by atoms with E-state index >= 15 is 0 Å². The standard InChI is InChI=1S/C19H17BrClFN2OS.2C2H6/c20-16-17-18(26-19(16)14-7-3-4-8-25-14)13(9-15(21)24-17)23-10-11-5-1-2-6-12(11)22;2*1-2/h1-2,5-6,9,14H,3-4,7-8,10H2,(H,23,24);2*1-2H3/t14-;;/m1../s1. The lowest BCUT2D eigenvalue weighted by atomic mass is 10.1. The van der Waals surface area contributed by atoms with E-state index < -0.39 is 0 Å². The zero-order valence-electron chi connectivity index (χ0n) is 17.9. The van der Waals surface area contributed by atoms with Crippen molar-refractivity contribution in [3.63, 3.8) is 0 Å². The number of anilines is 1. The van der Waals surface area contributed by atoms with E-state index in [1.807, 2.05) is 33.8 Å². The number of halogens is 3. The quantitative estimate of drug-likeness (QED) is 0.353. The van der Waals surface area contributed by atoms with Gasteiger partial charge in [0.05, 0.1) is 31.4 Å². The van der Waals surface area contributed by atoms with Gasteiger partial charge >= 0.3 is 0 Å². The van der Waals surface area contributed by atoms with Gasteiger partial charge in [-0.15, -0.1) is 11.3 Å². The van der Waals surface area contributed by atoms with E-state index in [0.29, 0.717) is 17.3 Å². The lowest BCUT2D eigenvalue weighted by Gasteiger charge is -2.21. The zero-order valence-corrected chi connectivity index (χ0v) is 21.1. The van der Waals surface area contributed by atoms with Crippen molar-refractivity contribution in [1.82, 2.24) is 4.98 Å². The number of pyridine rings is 1. The van der Waals surface area contributed by atoms with Gasteiger partial charge in [-0.3, -0.25) is 0 Å². The molecular weight excluding hydrogens is 487 g/mol. The monoisotopic (exact) mass is 514 g/mol. The predicted molar refractivity (Wildman–Crippen MR) is 131 cm³/mol. The van der Waals surface area contributed by atoms with Gasteiger partial charge in [-0.1, -0.05) is 57.5 Å². The maximum Gasteiger partial charge on any atom is 0.131 e. The van der Waals surface area contributed by atoms with Crippen molar-refractivity contribution < 1.29 is 9.13 Å². The minimum Gasteiger partial charge on any atom is -0.380 e. The molecule has 1 aromatic carbocycles. The highest BCUT2D eigenvalue weighted by atomic mass is 79.9. The molecule has 0 unspecified atom stereocenters. The summed E-state index contributed by atoms with van der Waals surface area (Å²) in [5.41, 5.74) is 2.29. The minimum absolute atomic E-state index is 0.0931. The molecule has 30 heavy (non-hydrogen) atoms. The van der Waals surface area contributed by atoms with Gasteiger partial charge in [0, 0.05) is 24.8 Å². The topological polar surface area (TPSA) is 34.2 Å². The molecule has 0 aliphatic carbocycles. The Labute approximate surface area is 196 Å². The van der Waals surface area contributed by atoms with Crippen LogP contribution in [-0.4, -0.2) is 11.6 Å². The molecule has 3 aromatic rings. The van der Waals surface area contributed by atoms with Gasteiger partial charge in [0.2, 0.25) is 0 Å². The van der Waals surface area contributed by atoms with Crippen LogP contribution in [0.5, 0.6) is 0 Å². The van der Waals surface area contributed by atoms with Crippen LogP contribution in [0, 0.1) is 5.82 Å². The maximum absolute atomic E-state index is 13.9. The number of thiophene rings is 1. The first-order valence-corrected chi connectivity index (χ1v) is 12.5. The summed E-state index contributed by atoms with van der Waals surface area (Å²) in [6, 6.07) is 8.54. The molecule has 1 atom stereocenters. The van der Waals surface area contributed by atoms with Gasteiger partial charge in [-0.25, -0.2) is 9.37 Å². The van der Waals surface area contributed by atoms with Crippen LogP contribution in [0.4, 0.5) is 10.1 Å². The number of aromatic nitrogens is 1. The highest BCUT2D eigenvalue weighted by Crippen LogP contribution is 2.45. The van der Waals surface area contributed by atoms with Crippen molar-refractivity contribution in [3.05, 3.63) is 56.2 Å². The lowest BCUT2D eigenvalue weighted by Crippen LogP contribution is -2.10. The molecule has 0 radical (unpaired) electrons. The second-order valence-corrected chi connectivity index (χ2v) is 8.48. The third-order valence-corrected chi connectivity index (χ3v) is 7.04. The predicted octanol–water partition coefficient (Wildman–Crippen LogP) is 8.76. The summed E-state index contributed by atoms with van der Waals surface area (Å²) in [5, 5.41) is 3.72. The molecular formula is C23H29BrClFN2OS. The Balaban J connectivity index is 0.000000757. The number of nitrogens with one attached hydrogen (secondary N) is 1. The SMILES string of the molecule is CC.CC.Fc1ccccc1CNc1cc(Cl)nc2c(Br)c([C@H]3CCCCO3)sc12. The van der Waals surface area contributed by atoms with E-state index in [1.165, 1.54) is 6.07 Å². The Hall–Kier alpha value is -1.21. The second kappa shape index (κ2) is 12.6. The third-order valence-electron chi connectivity index (χ3n) is 4.48. The number of hydrogen-bond acceptors (Lipinski definition) is 4. The van der Waals surface area contributed by atoms with Crippen molar-refractivity contribution >= 4 is 54.8 Å². The Kier molecular flexibility index (Phi) is 10.5. The van der Waals surface area contributed by atoms with Gasteiger partial charge in [-0.05, 0) is 41.3 Å². The first-order valence-electron chi connectivity index (χ1n) is 10.5. The molecule has 1 N–H and O–H groups in total. The maximum atomic E-state index is 13.9. The normalized spacial score (nSPS) is 15.6. The van der Waals surface area contributed by atoms with E-state index in [1.54, 1.807) is 29.5 Å². The molecule has 4 rings (SSSR count). The molecule has 1 fully saturated rings. The summed E-state index contributed by atoms with van der Waals surface area (Å²) in [6.07, 6.45) is 3.38. The van der Waals surface area contributed by atoms with Crippen LogP contribution in [0.25, 0.3) is 10.2 Å². The highest BCUT2D eigenvalue weighted by Gasteiger charge is 2.24. The molecule has 7 heteroatoms. The number of benzene rings is 1. The van der Waals surface area contributed by atoms with E-state index in [9.17, 15) is 4.39 Å². The second-order valence-electron chi connectivity index (χ2n) is 6.25. The Morgan fingerprint density at radius 1 is 1.23 bits per heavy atom. The lowest BCUT2D eigenvalue weighted by molar-refractivity contribution is 0.0168.